The van der Waals surface area contributed by atoms with Crippen molar-refractivity contribution in [3.05, 3.63) is 34.4 Å². The Morgan fingerprint density at radius 3 is 2.48 bits per heavy atom. The summed E-state index contributed by atoms with van der Waals surface area (Å²) in [5.74, 6) is -0.661. The fourth-order valence-corrected chi connectivity index (χ4v) is 4.25. The summed E-state index contributed by atoms with van der Waals surface area (Å²) in [5, 5.41) is 13.5. The van der Waals surface area contributed by atoms with Gasteiger partial charge in [0.25, 0.3) is 5.69 Å². The smallest absolute Gasteiger partial charge is 0.269 e. The predicted molar refractivity (Wildman–Crippen MR) is 103 cm³/mol. The number of hydrogen-bond acceptors (Lipinski definition) is 6. The normalized spacial score (nSPS) is 18.4. The molecule has 0 bridgehead atoms. The van der Waals surface area contributed by atoms with Gasteiger partial charge >= 0.3 is 0 Å². The Morgan fingerprint density at radius 2 is 1.96 bits per heavy atom. The molecular formula is C16H25ClN4O5S. The Balaban J connectivity index is 0.00000364. The minimum absolute atomic E-state index is 0. The molecule has 1 aliphatic rings. The van der Waals surface area contributed by atoms with Gasteiger partial charge in [0.1, 0.15) is 0 Å². The van der Waals surface area contributed by atoms with Crippen LogP contribution in [0.15, 0.2) is 29.2 Å². The highest BCUT2D eigenvalue weighted by Gasteiger charge is 2.33. The third-order valence-electron chi connectivity index (χ3n) is 4.16. The number of nitro benzene ring substituents is 1. The molecule has 27 heavy (non-hydrogen) atoms. The Kier molecular flexibility index (Phi) is 7.73. The number of nitrogens with one attached hydrogen (secondary N) is 1. The fourth-order valence-electron chi connectivity index (χ4n) is 2.72. The Labute approximate surface area is 164 Å². The van der Waals surface area contributed by atoms with E-state index in [2.05, 4.69) is 5.32 Å². The quantitative estimate of drug-likeness (QED) is 0.525. The number of carbonyl (C=O) groups is 1. The lowest BCUT2D eigenvalue weighted by molar-refractivity contribution is -0.384. The summed E-state index contributed by atoms with van der Waals surface area (Å²) < 4.78 is 26.8. The SMILES string of the molecule is CC(C)(N)CNC(=O)C1CCCN(S(=O)(=O)c2ccc([N+](=O)[O-])cc2)C1.Cl. The molecule has 0 saturated carbocycles. The topological polar surface area (TPSA) is 136 Å². The summed E-state index contributed by atoms with van der Waals surface area (Å²) >= 11 is 0. The van der Waals surface area contributed by atoms with Crippen LogP contribution in [-0.2, 0) is 14.8 Å². The second-order valence-electron chi connectivity index (χ2n) is 7.16. The fraction of sp³-hybridized carbons (Fsp3) is 0.562. The number of halogens is 1. The maximum Gasteiger partial charge on any atom is 0.269 e. The summed E-state index contributed by atoms with van der Waals surface area (Å²) in [4.78, 5) is 22.4. The molecule has 1 heterocycles. The van der Waals surface area contributed by atoms with Crippen molar-refractivity contribution in [1.82, 2.24) is 9.62 Å². The standard InChI is InChI=1S/C16H24N4O5S.ClH/c1-16(2,17)11-18-15(21)12-4-3-9-19(10-12)26(24,25)14-7-5-13(6-8-14)20(22)23;/h5-8,12H,3-4,9-11,17H2,1-2H3,(H,18,21);1H. The Bertz CT molecular complexity index is 777. The molecule has 1 aliphatic heterocycles. The summed E-state index contributed by atoms with van der Waals surface area (Å²) in [7, 11) is -3.81. The first-order valence-corrected chi connectivity index (χ1v) is 9.76. The third kappa shape index (κ3) is 6.13. The maximum atomic E-state index is 12.8. The van der Waals surface area contributed by atoms with Crippen LogP contribution in [0.3, 0.4) is 0 Å². The zero-order valence-electron chi connectivity index (χ0n) is 15.3. The van der Waals surface area contributed by atoms with Crippen LogP contribution in [0.1, 0.15) is 26.7 Å². The van der Waals surface area contributed by atoms with Crippen molar-refractivity contribution >= 4 is 34.0 Å². The number of nitro groups is 1. The minimum atomic E-state index is -3.81. The lowest BCUT2D eigenvalue weighted by Crippen LogP contribution is -2.50. The lowest BCUT2D eigenvalue weighted by Gasteiger charge is -2.31. The number of nitrogens with two attached hydrogens (primary N) is 1. The average molecular weight is 421 g/mol. The van der Waals surface area contributed by atoms with Gasteiger partial charge in [-0.05, 0) is 38.8 Å². The molecule has 9 nitrogen and oxygen atoms in total. The molecule has 0 radical (unpaired) electrons. The van der Waals surface area contributed by atoms with Crippen molar-refractivity contribution in [1.29, 1.82) is 0 Å². The van der Waals surface area contributed by atoms with E-state index in [1.165, 1.54) is 16.4 Å². The van der Waals surface area contributed by atoms with Gasteiger partial charge in [0.15, 0.2) is 0 Å². The third-order valence-corrected chi connectivity index (χ3v) is 6.04. The van der Waals surface area contributed by atoms with Gasteiger partial charge in [0.2, 0.25) is 15.9 Å². The van der Waals surface area contributed by atoms with Gasteiger partial charge in [-0.2, -0.15) is 4.31 Å². The molecule has 1 unspecified atom stereocenters. The van der Waals surface area contributed by atoms with Crippen LogP contribution in [0, 0.1) is 16.0 Å². The van der Waals surface area contributed by atoms with Crippen molar-refractivity contribution in [2.24, 2.45) is 11.7 Å². The Hall–Kier alpha value is -1.75. The molecule has 0 aliphatic carbocycles. The van der Waals surface area contributed by atoms with E-state index in [0.29, 0.717) is 25.9 Å². The number of nitrogens with zero attached hydrogens (tertiary/aromatic N) is 2. The van der Waals surface area contributed by atoms with Crippen molar-refractivity contribution in [2.45, 2.75) is 37.1 Å². The van der Waals surface area contributed by atoms with Crippen LogP contribution in [-0.4, -0.2) is 48.7 Å². The molecule has 1 amide bonds. The highest BCUT2D eigenvalue weighted by Crippen LogP contribution is 2.25. The van der Waals surface area contributed by atoms with Crippen molar-refractivity contribution in [2.75, 3.05) is 19.6 Å². The van der Waals surface area contributed by atoms with Gasteiger partial charge in [-0.25, -0.2) is 8.42 Å². The number of piperidine rings is 1. The van der Waals surface area contributed by atoms with Gasteiger partial charge < -0.3 is 11.1 Å². The molecule has 1 fully saturated rings. The number of carbonyl (C=O) groups excluding carboxylic acids is 1. The molecule has 11 heteroatoms. The van der Waals surface area contributed by atoms with Gasteiger partial charge in [-0.3, -0.25) is 14.9 Å². The molecule has 1 saturated heterocycles. The van der Waals surface area contributed by atoms with Gasteiger partial charge in [0.05, 0.1) is 15.7 Å². The summed E-state index contributed by atoms with van der Waals surface area (Å²) in [6.45, 7) is 4.28. The highest BCUT2D eigenvalue weighted by atomic mass is 35.5. The van der Waals surface area contributed by atoms with E-state index in [9.17, 15) is 23.3 Å². The molecule has 3 N–H and O–H groups in total. The van der Waals surface area contributed by atoms with E-state index in [-0.39, 0.29) is 35.4 Å². The first kappa shape index (κ1) is 23.3. The summed E-state index contributed by atoms with van der Waals surface area (Å²) in [5.41, 5.74) is 5.13. The van der Waals surface area contributed by atoms with E-state index >= 15 is 0 Å². The van der Waals surface area contributed by atoms with Crippen LogP contribution < -0.4 is 11.1 Å². The Morgan fingerprint density at radius 1 is 1.37 bits per heavy atom. The van der Waals surface area contributed by atoms with Crippen LogP contribution in [0.25, 0.3) is 0 Å². The van der Waals surface area contributed by atoms with Crippen LogP contribution in [0.5, 0.6) is 0 Å². The van der Waals surface area contributed by atoms with Crippen molar-refractivity contribution in [3.8, 4) is 0 Å². The first-order chi connectivity index (χ1) is 12.0. The van der Waals surface area contributed by atoms with Crippen LogP contribution >= 0.6 is 12.4 Å². The van der Waals surface area contributed by atoms with Gasteiger partial charge in [0, 0.05) is 37.3 Å². The molecule has 1 aromatic rings. The molecule has 2 rings (SSSR count). The number of non-ortho nitro benzene ring substituents is 1. The zero-order chi connectivity index (χ0) is 19.5. The number of sulfonamides is 1. The molecule has 0 aromatic heterocycles. The second-order valence-corrected chi connectivity index (χ2v) is 9.10. The van der Waals surface area contributed by atoms with E-state index in [4.69, 9.17) is 5.73 Å². The largest absolute Gasteiger partial charge is 0.354 e. The van der Waals surface area contributed by atoms with Gasteiger partial charge in [-0.15, -0.1) is 12.4 Å². The number of hydrogen-bond donors (Lipinski definition) is 2. The number of benzene rings is 1. The van der Waals surface area contributed by atoms with E-state index in [1.54, 1.807) is 13.8 Å². The van der Waals surface area contributed by atoms with E-state index < -0.39 is 26.4 Å². The average Bonchev–Trinajstić information content (AvgIpc) is 2.59. The highest BCUT2D eigenvalue weighted by molar-refractivity contribution is 7.89. The second kappa shape index (κ2) is 8.96. The maximum absolute atomic E-state index is 12.8. The molecular weight excluding hydrogens is 396 g/mol. The van der Waals surface area contributed by atoms with E-state index in [1.807, 2.05) is 0 Å². The first-order valence-electron chi connectivity index (χ1n) is 8.32. The summed E-state index contributed by atoms with van der Waals surface area (Å²) in [6, 6.07) is 4.75. The van der Waals surface area contributed by atoms with Crippen molar-refractivity contribution in [3.63, 3.8) is 0 Å². The lowest BCUT2D eigenvalue weighted by atomic mass is 9.98. The van der Waals surface area contributed by atoms with Crippen LogP contribution in [0.4, 0.5) is 5.69 Å². The minimum Gasteiger partial charge on any atom is -0.354 e. The monoisotopic (exact) mass is 420 g/mol. The number of amides is 1. The molecule has 0 spiro atoms. The van der Waals surface area contributed by atoms with Crippen LogP contribution in [0.2, 0.25) is 0 Å². The van der Waals surface area contributed by atoms with E-state index in [0.717, 1.165) is 12.1 Å². The number of rotatable bonds is 6. The molecule has 152 valence electrons. The van der Waals surface area contributed by atoms with Crippen molar-refractivity contribution < 1.29 is 18.1 Å². The predicted octanol–water partition coefficient (Wildman–Crippen LogP) is 1.27. The molecule has 1 aromatic carbocycles. The zero-order valence-corrected chi connectivity index (χ0v) is 16.9. The van der Waals surface area contributed by atoms with Gasteiger partial charge in [-0.1, -0.05) is 0 Å². The summed E-state index contributed by atoms with van der Waals surface area (Å²) in [6.07, 6.45) is 1.17. The molecule has 1 atom stereocenters.